The smallest absolute Gasteiger partial charge is 0.237 e. The number of nitrogens with one attached hydrogen (secondary N) is 1. The number of hydrogen-bond acceptors (Lipinski definition) is 3. The molecule has 0 spiro atoms. The topological polar surface area (TPSA) is 66.5 Å². The molecule has 0 aliphatic carbocycles. The Morgan fingerprint density at radius 2 is 1.89 bits per heavy atom. The molecule has 0 aliphatic heterocycles. The van der Waals surface area contributed by atoms with E-state index in [0.29, 0.717) is 0 Å². The summed E-state index contributed by atoms with van der Waals surface area (Å²) >= 11 is 0. The highest BCUT2D eigenvalue weighted by atomic mass is 32.2. The third kappa shape index (κ3) is 5.11. The maximum atomic E-state index is 11.6. The number of likely N-dealkylation sites (N-methyl/N-ethyl adjacent to an activating group) is 1. The van der Waals surface area contributed by atoms with Crippen LogP contribution < -0.4 is 4.72 Å². The van der Waals surface area contributed by atoms with Crippen LogP contribution in [0.3, 0.4) is 0 Å². The fourth-order valence-corrected chi connectivity index (χ4v) is 1.86. The summed E-state index contributed by atoms with van der Waals surface area (Å²) in [5.74, 6) is -0.299. The molecule has 0 fully saturated rings. The van der Waals surface area contributed by atoms with Crippen LogP contribution in [0.2, 0.25) is 0 Å². The lowest BCUT2D eigenvalue weighted by atomic mass is 10.2. The van der Waals surface area contributed by atoms with Gasteiger partial charge in [-0.15, -0.1) is 0 Å². The molecule has 0 atom stereocenters. The lowest BCUT2D eigenvalue weighted by Crippen LogP contribution is -2.35. The quantitative estimate of drug-likeness (QED) is 0.853. The largest absolute Gasteiger partial charge is 0.348 e. The number of sulfonamides is 1. The summed E-state index contributed by atoms with van der Waals surface area (Å²) in [4.78, 5) is 12.6. The Bertz CT molecular complexity index is 522. The van der Waals surface area contributed by atoms with Crippen molar-refractivity contribution in [2.24, 2.45) is 0 Å². The van der Waals surface area contributed by atoms with E-state index < -0.39 is 10.0 Å². The fourth-order valence-electron chi connectivity index (χ4n) is 1.10. The Morgan fingerprint density at radius 3 is 2.44 bits per heavy atom. The maximum Gasteiger partial charge on any atom is 0.237 e. The first-order valence-corrected chi connectivity index (χ1v) is 6.88. The van der Waals surface area contributed by atoms with Crippen LogP contribution >= 0.6 is 0 Å². The summed E-state index contributed by atoms with van der Waals surface area (Å²) < 4.78 is 25.3. The van der Waals surface area contributed by atoms with Crippen molar-refractivity contribution in [1.82, 2.24) is 9.62 Å². The van der Waals surface area contributed by atoms with Crippen LogP contribution in [0.1, 0.15) is 5.56 Å². The first kappa shape index (κ1) is 14.4. The van der Waals surface area contributed by atoms with Gasteiger partial charge in [0.05, 0.1) is 6.54 Å². The fraction of sp³-hybridized carbons (Fsp3) is 0.250. The Labute approximate surface area is 107 Å². The van der Waals surface area contributed by atoms with Gasteiger partial charge in [-0.2, -0.15) is 0 Å². The van der Waals surface area contributed by atoms with Gasteiger partial charge in [-0.05, 0) is 11.6 Å². The Hall–Kier alpha value is -1.66. The molecule has 0 saturated carbocycles. The van der Waals surface area contributed by atoms with E-state index in [9.17, 15) is 13.2 Å². The SMILES string of the molecule is CN(C)C(=O)CNS(=O)(=O)/C=C/c1ccccc1. The van der Waals surface area contributed by atoms with Crippen molar-refractivity contribution in [3.05, 3.63) is 41.3 Å². The molecule has 0 heterocycles. The van der Waals surface area contributed by atoms with Gasteiger partial charge >= 0.3 is 0 Å². The normalized spacial score (nSPS) is 11.7. The number of carbonyl (C=O) groups is 1. The summed E-state index contributed by atoms with van der Waals surface area (Å²) in [5.41, 5.74) is 0.779. The second-order valence-corrected chi connectivity index (χ2v) is 5.52. The van der Waals surface area contributed by atoms with Crippen molar-refractivity contribution in [1.29, 1.82) is 0 Å². The lowest BCUT2D eigenvalue weighted by molar-refractivity contribution is -0.127. The molecule has 0 radical (unpaired) electrons. The monoisotopic (exact) mass is 268 g/mol. The molecular formula is C12H16N2O3S. The van der Waals surface area contributed by atoms with Crippen LogP contribution in [-0.4, -0.2) is 39.9 Å². The Kier molecular flexibility index (Phi) is 5.06. The highest BCUT2D eigenvalue weighted by Crippen LogP contribution is 2.02. The number of amides is 1. The number of nitrogens with zero attached hydrogens (tertiary/aromatic N) is 1. The first-order valence-electron chi connectivity index (χ1n) is 5.34. The van der Waals surface area contributed by atoms with E-state index in [1.54, 1.807) is 26.2 Å². The first-order chi connectivity index (χ1) is 8.41. The predicted octanol–water partition coefficient (Wildman–Crippen LogP) is 0.665. The zero-order valence-electron chi connectivity index (χ0n) is 10.3. The minimum absolute atomic E-state index is 0.242. The average molecular weight is 268 g/mol. The number of carbonyl (C=O) groups excluding carboxylic acids is 1. The van der Waals surface area contributed by atoms with Gasteiger partial charge in [-0.1, -0.05) is 30.3 Å². The van der Waals surface area contributed by atoms with Crippen LogP contribution in [0, 0.1) is 0 Å². The van der Waals surface area contributed by atoms with Crippen LogP contribution in [-0.2, 0) is 14.8 Å². The van der Waals surface area contributed by atoms with Crippen molar-refractivity contribution >= 4 is 22.0 Å². The van der Waals surface area contributed by atoms with Crippen molar-refractivity contribution < 1.29 is 13.2 Å². The highest BCUT2D eigenvalue weighted by molar-refractivity contribution is 7.92. The number of hydrogen-bond donors (Lipinski definition) is 1. The Morgan fingerprint density at radius 1 is 1.28 bits per heavy atom. The molecule has 18 heavy (non-hydrogen) atoms. The summed E-state index contributed by atoms with van der Waals surface area (Å²) in [6.07, 6.45) is 1.47. The van der Waals surface area contributed by atoms with Gasteiger partial charge in [0.1, 0.15) is 0 Å². The molecule has 0 saturated heterocycles. The van der Waals surface area contributed by atoms with Gasteiger partial charge in [0.2, 0.25) is 15.9 Å². The number of rotatable bonds is 5. The maximum absolute atomic E-state index is 11.6. The summed E-state index contributed by atoms with van der Waals surface area (Å²) in [6, 6.07) is 9.05. The zero-order valence-corrected chi connectivity index (χ0v) is 11.1. The lowest BCUT2D eigenvalue weighted by Gasteiger charge is -2.09. The molecule has 0 aromatic heterocycles. The van der Waals surface area contributed by atoms with Crippen molar-refractivity contribution in [3.8, 4) is 0 Å². The molecular weight excluding hydrogens is 252 g/mol. The molecule has 5 nitrogen and oxygen atoms in total. The molecule has 98 valence electrons. The third-order valence-corrected chi connectivity index (χ3v) is 3.20. The zero-order chi connectivity index (χ0) is 13.6. The van der Waals surface area contributed by atoms with Gasteiger partial charge < -0.3 is 4.90 Å². The minimum atomic E-state index is -3.59. The van der Waals surface area contributed by atoms with Crippen LogP contribution in [0.25, 0.3) is 6.08 Å². The van der Waals surface area contributed by atoms with E-state index in [0.717, 1.165) is 11.0 Å². The molecule has 1 aromatic rings. The van der Waals surface area contributed by atoms with Gasteiger partial charge in [0.15, 0.2) is 0 Å². The minimum Gasteiger partial charge on any atom is -0.348 e. The van der Waals surface area contributed by atoms with Gasteiger partial charge in [-0.25, -0.2) is 13.1 Å². The van der Waals surface area contributed by atoms with Gasteiger partial charge in [0, 0.05) is 19.5 Å². The average Bonchev–Trinajstić information content (AvgIpc) is 2.35. The molecule has 0 bridgehead atoms. The van der Waals surface area contributed by atoms with Crippen LogP contribution in [0.15, 0.2) is 35.7 Å². The summed E-state index contributed by atoms with van der Waals surface area (Å²) in [7, 11) is -0.455. The van der Waals surface area contributed by atoms with Crippen molar-refractivity contribution in [2.45, 2.75) is 0 Å². The van der Waals surface area contributed by atoms with E-state index in [1.807, 2.05) is 18.2 Å². The van der Waals surface area contributed by atoms with E-state index in [-0.39, 0.29) is 12.5 Å². The molecule has 0 aliphatic rings. The van der Waals surface area contributed by atoms with Crippen molar-refractivity contribution in [2.75, 3.05) is 20.6 Å². The van der Waals surface area contributed by atoms with E-state index in [2.05, 4.69) is 4.72 Å². The van der Waals surface area contributed by atoms with Crippen LogP contribution in [0.4, 0.5) is 0 Å². The Balaban J connectivity index is 2.60. The van der Waals surface area contributed by atoms with E-state index in [4.69, 9.17) is 0 Å². The standard InChI is InChI=1S/C12H16N2O3S/c1-14(2)12(15)10-13-18(16,17)9-8-11-6-4-3-5-7-11/h3-9,13H,10H2,1-2H3/b9-8+. The predicted molar refractivity (Wildman–Crippen MR) is 71.1 cm³/mol. The third-order valence-electron chi connectivity index (χ3n) is 2.16. The summed E-state index contributed by atoms with van der Waals surface area (Å²) in [5, 5.41) is 1.05. The number of benzene rings is 1. The van der Waals surface area contributed by atoms with Gasteiger partial charge in [-0.3, -0.25) is 4.79 Å². The molecule has 6 heteroatoms. The van der Waals surface area contributed by atoms with E-state index >= 15 is 0 Å². The van der Waals surface area contributed by atoms with E-state index in [1.165, 1.54) is 11.0 Å². The van der Waals surface area contributed by atoms with Crippen molar-refractivity contribution in [3.63, 3.8) is 0 Å². The highest BCUT2D eigenvalue weighted by Gasteiger charge is 2.09. The second kappa shape index (κ2) is 6.32. The van der Waals surface area contributed by atoms with Crippen LogP contribution in [0.5, 0.6) is 0 Å². The molecule has 1 aromatic carbocycles. The van der Waals surface area contributed by atoms with Gasteiger partial charge in [0.25, 0.3) is 0 Å². The molecule has 1 rings (SSSR count). The second-order valence-electron chi connectivity index (χ2n) is 3.87. The molecule has 1 amide bonds. The molecule has 0 unspecified atom stereocenters. The summed E-state index contributed by atoms with van der Waals surface area (Å²) in [6.45, 7) is -0.242. The molecule has 1 N–H and O–H groups in total.